The van der Waals surface area contributed by atoms with Crippen molar-refractivity contribution in [3.8, 4) is 5.75 Å². The van der Waals surface area contributed by atoms with E-state index in [1.54, 1.807) is 31.4 Å². The molecule has 0 aliphatic heterocycles. The zero-order valence-corrected chi connectivity index (χ0v) is 13.7. The molecule has 0 aliphatic rings. The number of ether oxygens (including phenoxy) is 1. The average Bonchev–Trinajstić information content (AvgIpc) is 2.60. The van der Waals surface area contributed by atoms with Gasteiger partial charge in [-0.25, -0.2) is 0 Å². The van der Waals surface area contributed by atoms with E-state index in [0.29, 0.717) is 17.9 Å². The van der Waals surface area contributed by atoms with Crippen LogP contribution in [0.1, 0.15) is 31.1 Å². The SMILES string of the molecule is COc1cccc(C(O)C(=O)NCC(C)(C)c2ccccc2)c1. The van der Waals surface area contributed by atoms with Gasteiger partial charge in [0.15, 0.2) is 6.10 Å². The number of nitrogens with one attached hydrogen (secondary N) is 1. The monoisotopic (exact) mass is 313 g/mol. The van der Waals surface area contributed by atoms with Gasteiger partial charge in [0, 0.05) is 12.0 Å². The zero-order valence-electron chi connectivity index (χ0n) is 13.7. The summed E-state index contributed by atoms with van der Waals surface area (Å²) >= 11 is 0. The third kappa shape index (κ3) is 4.33. The third-order valence-corrected chi connectivity index (χ3v) is 3.92. The first-order valence-corrected chi connectivity index (χ1v) is 7.59. The van der Waals surface area contributed by atoms with Crippen LogP contribution in [0.3, 0.4) is 0 Å². The Bertz CT molecular complexity index is 653. The lowest BCUT2D eigenvalue weighted by atomic mass is 9.84. The van der Waals surface area contributed by atoms with Gasteiger partial charge in [-0.05, 0) is 23.3 Å². The van der Waals surface area contributed by atoms with Crippen molar-refractivity contribution in [3.63, 3.8) is 0 Å². The molecule has 122 valence electrons. The molecule has 0 spiro atoms. The highest BCUT2D eigenvalue weighted by Gasteiger charge is 2.24. The Morgan fingerprint density at radius 2 is 1.87 bits per heavy atom. The van der Waals surface area contributed by atoms with E-state index in [2.05, 4.69) is 19.2 Å². The molecular weight excluding hydrogens is 290 g/mol. The number of methoxy groups -OCH3 is 1. The molecule has 2 aromatic carbocycles. The van der Waals surface area contributed by atoms with Gasteiger partial charge >= 0.3 is 0 Å². The summed E-state index contributed by atoms with van der Waals surface area (Å²) in [7, 11) is 1.55. The molecule has 0 saturated heterocycles. The number of carbonyl (C=O) groups excluding carboxylic acids is 1. The van der Waals surface area contributed by atoms with E-state index >= 15 is 0 Å². The minimum Gasteiger partial charge on any atom is -0.497 e. The Labute approximate surface area is 137 Å². The molecular formula is C19H23NO3. The number of hydrogen-bond donors (Lipinski definition) is 2. The maximum atomic E-state index is 12.2. The molecule has 0 bridgehead atoms. The van der Waals surface area contributed by atoms with Crippen molar-refractivity contribution < 1.29 is 14.6 Å². The number of hydrogen-bond acceptors (Lipinski definition) is 3. The van der Waals surface area contributed by atoms with Crippen molar-refractivity contribution in [2.24, 2.45) is 0 Å². The normalized spacial score (nSPS) is 12.5. The molecule has 0 aromatic heterocycles. The average molecular weight is 313 g/mol. The maximum Gasteiger partial charge on any atom is 0.253 e. The van der Waals surface area contributed by atoms with Gasteiger partial charge in [-0.2, -0.15) is 0 Å². The number of aliphatic hydroxyl groups is 1. The van der Waals surface area contributed by atoms with E-state index in [4.69, 9.17) is 4.74 Å². The van der Waals surface area contributed by atoms with E-state index in [9.17, 15) is 9.90 Å². The first-order chi connectivity index (χ1) is 10.9. The van der Waals surface area contributed by atoms with E-state index in [1.165, 1.54) is 0 Å². The van der Waals surface area contributed by atoms with Gasteiger partial charge in [0.25, 0.3) is 5.91 Å². The Morgan fingerprint density at radius 1 is 1.17 bits per heavy atom. The molecule has 23 heavy (non-hydrogen) atoms. The van der Waals surface area contributed by atoms with Crippen molar-refractivity contribution in [2.45, 2.75) is 25.4 Å². The molecule has 0 radical (unpaired) electrons. The zero-order chi connectivity index (χ0) is 16.9. The first-order valence-electron chi connectivity index (χ1n) is 7.59. The van der Waals surface area contributed by atoms with Gasteiger partial charge in [0.05, 0.1) is 7.11 Å². The van der Waals surface area contributed by atoms with Crippen LogP contribution >= 0.6 is 0 Å². The lowest BCUT2D eigenvalue weighted by molar-refractivity contribution is -0.129. The molecule has 2 N–H and O–H groups in total. The van der Waals surface area contributed by atoms with Gasteiger partial charge in [-0.15, -0.1) is 0 Å². The summed E-state index contributed by atoms with van der Waals surface area (Å²) in [5.74, 6) is 0.196. The summed E-state index contributed by atoms with van der Waals surface area (Å²) in [6, 6.07) is 16.9. The number of amides is 1. The molecule has 0 saturated carbocycles. The van der Waals surface area contributed by atoms with Crippen LogP contribution in [0.15, 0.2) is 54.6 Å². The number of carbonyl (C=O) groups is 1. The lowest BCUT2D eigenvalue weighted by Gasteiger charge is -2.26. The second-order valence-corrected chi connectivity index (χ2v) is 6.15. The molecule has 4 heteroatoms. The minimum atomic E-state index is -1.21. The second kappa shape index (κ2) is 7.29. The van der Waals surface area contributed by atoms with Crippen LogP contribution in [-0.2, 0) is 10.2 Å². The van der Waals surface area contributed by atoms with Gasteiger partial charge in [-0.1, -0.05) is 56.3 Å². The minimum absolute atomic E-state index is 0.217. The predicted octanol–water partition coefficient (Wildman–Crippen LogP) is 2.82. The molecule has 1 amide bonds. The quantitative estimate of drug-likeness (QED) is 0.862. The molecule has 1 unspecified atom stereocenters. The van der Waals surface area contributed by atoms with Crippen molar-refractivity contribution in [3.05, 3.63) is 65.7 Å². The Hall–Kier alpha value is -2.33. The summed E-state index contributed by atoms with van der Waals surface area (Å²) < 4.78 is 5.11. The molecule has 0 heterocycles. The molecule has 2 rings (SSSR count). The highest BCUT2D eigenvalue weighted by molar-refractivity contribution is 5.82. The van der Waals surface area contributed by atoms with E-state index in [-0.39, 0.29) is 5.41 Å². The molecule has 2 aromatic rings. The smallest absolute Gasteiger partial charge is 0.253 e. The van der Waals surface area contributed by atoms with Crippen LogP contribution in [0.5, 0.6) is 5.75 Å². The largest absolute Gasteiger partial charge is 0.497 e. The fraction of sp³-hybridized carbons (Fsp3) is 0.316. The van der Waals surface area contributed by atoms with Gasteiger partial charge in [0.1, 0.15) is 5.75 Å². The van der Waals surface area contributed by atoms with Crippen LogP contribution in [0.4, 0.5) is 0 Å². The highest BCUT2D eigenvalue weighted by Crippen LogP contribution is 2.23. The Kier molecular flexibility index (Phi) is 5.40. The highest BCUT2D eigenvalue weighted by atomic mass is 16.5. The van der Waals surface area contributed by atoms with Crippen molar-refractivity contribution >= 4 is 5.91 Å². The van der Waals surface area contributed by atoms with Crippen LogP contribution in [0, 0.1) is 0 Å². The fourth-order valence-corrected chi connectivity index (χ4v) is 2.36. The summed E-state index contributed by atoms with van der Waals surface area (Å²) in [6.45, 7) is 4.55. The van der Waals surface area contributed by atoms with Crippen LogP contribution < -0.4 is 10.1 Å². The van der Waals surface area contributed by atoms with E-state index in [0.717, 1.165) is 5.56 Å². The van der Waals surface area contributed by atoms with Crippen LogP contribution in [0.2, 0.25) is 0 Å². The van der Waals surface area contributed by atoms with Crippen molar-refractivity contribution in [1.82, 2.24) is 5.32 Å². The van der Waals surface area contributed by atoms with E-state index < -0.39 is 12.0 Å². The van der Waals surface area contributed by atoms with Gasteiger partial charge < -0.3 is 15.2 Å². The Balaban J connectivity index is 2.01. The molecule has 0 aliphatic carbocycles. The maximum absolute atomic E-state index is 12.2. The summed E-state index contributed by atoms with van der Waals surface area (Å²) in [5.41, 5.74) is 1.43. The summed E-state index contributed by atoms with van der Waals surface area (Å²) in [4.78, 5) is 12.2. The topological polar surface area (TPSA) is 58.6 Å². The van der Waals surface area contributed by atoms with Crippen LogP contribution in [-0.4, -0.2) is 24.7 Å². The van der Waals surface area contributed by atoms with Crippen LogP contribution in [0.25, 0.3) is 0 Å². The van der Waals surface area contributed by atoms with Crippen molar-refractivity contribution in [2.75, 3.05) is 13.7 Å². The van der Waals surface area contributed by atoms with Gasteiger partial charge in [0.2, 0.25) is 0 Å². The fourth-order valence-electron chi connectivity index (χ4n) is 2.36. The van der Waals surface area contributed by atoms with Gasteiger partial charge in [-0.3, -0.25) is 4.79 Å². The summed E-state index contributed by atoms with van der Waals surface area (Å²) in [5, 5.41) is 13.0. The Morgan fingerprint density at radius 3 is 2.52 bits per heavy atom. The van der Waals surface area contributed by atoms with Crippen molar-refractivity contribution in [1.29, 1.82) is 0 Å². The number of benzene rings is 2. The van der Waals surface area contributed by atoms with E-state index in [1.807, 2.05) is 30.3 Å². The number of rotatable bonds is 6. The molecule has 4 nitrogen and oxygen atoms in total. The predicted molar refractivity (Wildman–Crippen MR) is 90.4 cm³/mol. The first kappa shape index (κ1) is 17.0. The standard InChI is InChI=1S/C19H23NO3/c1-19(2,15-9-5-4-6-10-15)13-20-18(22)17(21)14-8-7-11-16(12-14)23-3/h4-12,17,21H,13H2,1-3H3,(H,20,22). The number of aliphatic hydroxyl groups excluding tert-OH is 1. The molecule has 0 fully saturated rings. The second-order valence-electron chi connectivity index (χ2n) is 6.15. The molecule has 1 atom stereocenters. The lowest BCUT2D eigenvalue weighted by Crippen LogP contribution is -2.39. The third-order valence-electron chi connectivity index (χ3n) is 3.92. The summed E-state index contributed by atoms with van der Waals surface area (Å²) in [6.07, 6.45) is -1.21.